The highest BCUT2D eigenvalue weighted by Gasteiger charge is 2.17. The third-order valence-corrected chi connectivity index (χ3v) is 3.80. The molecule has 0 unspecified atom stereocenters. The number of carboxylic acid groups (broad SMARTS) is 1. The maximum Gasteiger partial charge on any atom is 0.303 e. The van der Waals surface area contributed by atoms with Gasteiger partial charge in [-0.05, 0) is 24.6 Å². The molecule has 0 radical (unpaired) electrons. The summed E-state index contributed by atoms with van der Waals surface area (Å²) in [5.74, 6) is -0.856. The zero-order valence-electron chi connectivity index (χ0n) is 10.6. The molecule has 3 N–H and O–H groups in total. The van der Waals surface area contributed by atoms with Crippen LogP contribution in [0.1, 0.15) is 23.2 Å². The van der Waals surface area contributed by atoms with E-state index >= 15 is 0 Å². The van der Waals surface area contributed by atoms with E-state index < -0.39 is 5.97 Å². The molecule has 0 aliphatic carbocycles. The Morgan fingerprint density at radius 2 is 2.20 bits per heavy atom. The number of rotatable bonds is 5. The van der Waals surface area contributed by atoms with Crippen molar-refractivity contribution in [3.05, 3.63) is 23.8 Å². The molecule has 106 valence electrons. The number of aliphatic carboxylic acids is 1. The Labute approximate surface area is 119 Å². The smallest absolute Gasteiger partial charge is 0.303 e. The molecule has 0 spiro atoms. The van der Waals surface area contributed by atoms with Gasteiger partial charge >= 0.3 is 5.97 Å². The van der Waals surface area contributed by atoms with Crippen molar-refractivity contribution in [1.29, 1.82) is 0 Å². The normalized spacial score (nSPS) is 13.3. The molecule has 1 heterocycles. The summed E-state index contributed by atoms with van der Waals surface area (Å²) in [6, 6.07) is 5.12. The molecule has 1 aliphatic heterocycles. The van der Waals surface area contributed by atoms with Crippen molar-refractivity contribution in [2.24, 2.45) is 0 Å². The standard InChI is InChI=1S/C13H14N2O4S/c16-11-7-20-10-4-3-8(6-9(10)15-11)13(19)14-5-1-2-12(17)18/h3-4,6H,1-2,5,7H2,(H,14,19)(H,15,16)(H,17,18). The van der Waals surface area contributed by atoms with Crippen LogP contribution >= 0.6 is 11.8 Å². The highest BCUT2D eigenvalue weighted by Crippen LogP contribution is 2.31. The van der Waals surface area contributed by atoms with Gasteiger partial charge in [0, 0.05) is 23.4 Å². The Morgan fingerprint density at radius 1 is 1.40 bits per heavy atom. The van der Waals surface area contributed by atoms with Crippen LogP contribution in [0.2, 0.25) is 0 Å². The fourth-order valence-corrected chi connectivity index (χ4v) is 2.56. The van der Waals surface area contributed by atoms with Crippen LogP contribution < -0.4 is 10.6 Å². The first-order valence-corrected chi connectivity index (χ1v) is 7.11. The number of nitrogens with one attached hydrogen (secondary N) is 2. The van der Waals surface area contributed by atoms with Crippen LogP contribution in [0.3, 0.4) is 0 Å². The van der Waals surface area contributed by atoms with Gasteiger partial charge in [-0.1, -0.05) is 0 Å². The first kappa shape index (κ1) is 14.4. The lowest BCUT2D eigenvalue weighted by Gasteiger charge is -2.16. The lowest BCUT2D eigenvalue weighted by Crippen LogP contribution is -2.25. The summed E-state index contributed by atoms with van der Waals surface area (Å²) >= 11 is 1.43. The summed E-state index contributed by atoms with van der Waals surface area (Å²) in [6.45, 7) is 0.309. The first-order chi connectivity index (χ1) is 9.56. The molecular weight excluding hydrogens is 280 g/mol. The Bertz CT molecular complexity index is 559. The average Bonchev–Trinajstić information content (AvgIpc) is 2.42. The summed E-state index contributed by atoms with van der Waals surface area (Å²) in [5.41, 5.74) is 1.09. The summed E-state index contributed by atoms with van der Waals surface area (Å²) < 4.78 is 0. The second kappa shape index (κ2) is 6.42. The van der Waals surface area contributed by atoms with E-state index in [4.69, 9.17) is 5.11 Å². The second-order valence-corrected chi connectivity index (χ2v) is 5.32. The molecule has 0 atom stereocenters. The number of anilines is 1. The van der Waals surface area contributed by atoms with Crippen LogP contribution in [0.25, 0.3) is 0 Å². The largest absolute Gasteiger partial charge is 0.481 e. The van der Waals surface area contributed by atoms with Crippen LogP contribution in [-0.2, 0) is 9.59 Å². The minimum Gasteiger partial charge on any atom is -0.481 e. The Morgan fingerprint density at radius 3 is 2.95 bits per heavy atom. The third kappa shape index (κ3) is 3.74. The number of carboxylic acids is 1. The summed E-state index contributed by atoms with van der Waals surface area (Å²) in [4.78, 5) is 34.5. The van der Waals surface area contributed by atoms with E-state index in [1.54, 1.807) is 18.2 Å². The van der Waals surface area contributed by atoms with E-state index in [9.17, 15) is 14.4 Å². The van der Waals surface area contributed by atoms with Gasteiger partial charge < -0.3 is 15.7 Å². The Balaban J connectivity index is 1.95. The first-order valence-electron chi connectivity index (χ1n) is 6.13. The molecule has 0 bridgehead atoms. The van der Waals surface area contributed by atoms with Crippen LogP contribution in [0.5, 0.6) is 0 Å². The highest BCUT2D eigenvalue weighted by atomic mass is 32.2. The van der Waals surface area contributed by atoms with Crippen LogP contribution in [0.15, 0.2) is 23.1 Å². The summed E-state index contributed by atoms with van der Waals surface area (Å²) in [6.07, 6.45) is 0.412. The predicted molar refractivity (Wildman–Crippen MR) is 75.0 cm³/mol. The molecule has 0 saturated carbocycles. The van der Waals surface area contributed by atoms with Crippen molar-refractivity contribution < 1.29 is 19.5 Å². The van der Waals surface area contributed by atoms with Crippen molar-refractivity contribution >= 4 is 35.2 Å². The van der Waals surface area contributed by atoms with Crippen molar-refractivity contribution in [2.45, 2.75) is 17.7 Å². The Kier molecular flexibility index (Phi) is 4.62. The molecule has 2 rings (SSSR count). The number of carbonyl (C=O) groups excluding carboxylic acids is 2. The molecular formula is C13H14N2O4S. The van der Waals surface area contributed by atoms with Gasteiger partial charge in [-0.3, -0.25) is 14.4 Å². The number of carbonyl (C=O) groups is 3. The molecule has 0 fully saturated rings. The zero-order chi connectivity index (χ0) is 14.5. The van der Waals surface area contributed by atoms with E-state index in [0.29, 0.717) is 30.0 Å². The molecule has 0 aromatic heterocycles. The molecule has 20 heavy (non-hydrogen) atoms. The number of hydrogen-bond donors (Lipinski definition) is 3. The van der Waals surface area contributed by atoms with Crippen LogP contribution in [0.4, 0.5) is 5.69 Å². The molecule has 1 aromatic rings. The lowest BCUT2D eigenvalue weighted by molar-refractivity contribution is -0.137. The zero-order valence-corrected chi connectivity index (χ0v) is 11.5. The molecule has 0 saturated heterocycles. The monoisotopic (exact) mass is 294 g/mol. The fourth-order valence-electron chi connectivity index (χ4n) is 1.77. The van der Waals surface area contributed by atoms with Gasteiger partial charge in [0.1, 0.15) is 0 Å². The molecule has 1 aromatic carbocycles. The summed E-state index contributed by atoms with van der Waals surface area (Å²) in [7, 11) is 0. The number of benzene rings is 1. The highest BCUT2D eigenvalue weighted by molar-refractivity contribution is 8.00. The minimum atomic E-state index is -0.882. The van der Waals surface area contributed by atoms with E-state index in [0.717, 1.165) is 4.90 Å². The molecule has 2 amide bonds. The SMILES string of the molecule is O=C(O)CCCNC(=O)c1ccc2c(c1)NC(=O)CS2. The van der Waals surface area contributed by atoms with Gasteiger partial charge in [-0.2, -0.15) is 0 Å². The van der Waals surface area contributed by atoms with Crippen LogP contribution in [0, 0.1) is 0 Å². The van der Waals surface area contributed by atoms with Gasteiger partial charge in [0.25, 0.3) is 5.91 Å². The van der Waals surface area contributed by atoms with Crippen molar-refractivity contribution in [3.8, 4) is 0 Å². The minimum absolute atomic E-state index is 0.0250. The van der Waals surface area contributed by atoms with E-state index in [1.165, 1.54) is 11.8 Å². The lowest BCUT2D eigenvalue weighted by atomic mass is 10.1. The maximum absolute atomic E-state index is 11.9. The third-order valence-electron chi connectivity index (χ3n) is 2.73. The van der Waals surface area contributed by atoms with E-state index in [1.807, 2.05) is 0 Å². The van der Waals surface area contributed by atoms with Crippen molar-refractivity contribution in [2.75, 3.05) is 17.6 Å². The predicted octanol–water partition coefficient (Wildman–Crippen LogP) is 1.33. The Hall–Kier alpha value is -2.02. The van der Waals surface area contributed by atoms with Crippen molar-refractivity contribution in [1.82, 2.24) is 5.32 Å². The number of amides is 2. The second-order valence-electron chi connectivity index (χ2n) is 4.30. The van der Waals surface area contributed by atoms with Gasteiger partial charge in [-0.15, -0.1) is 11.8 Å². The van der Waals surface area contributed by atoms with Crippen molar-refractivity contribution in [3.63, 3.8) is 0 Å². The van der Waals surface area contributed by atoms with Gasteiger partial charge in [0.2, 0.25) is 5.91 Å². The summed E-state index contributed by atoms with van der Waals surface area (Å²) in [5, 5.41) is 13.9. The number of thioether (sulfide) groups is 1. The van der Waals surface area contributed by atoms with Gasteiger partial charge in [-0.25, -0.2) is 0 Å². The fraction of sp³-hybridized carbons (Fsp3) is 0.308. The van der Waals surface area contributed by atoms with Gasteiger partial charge in [0.05, 0.1) is 11.4 Å². The average molecular weight is 294 g/mol. The van der Waals surface area contributed by atoms with Gasteiger partial charge in [0.15, 0.2) is 0 Å². The quantitative estimate of drug-likeness (QED) is 0.712. The van der Waals surface area contributed by atoms with E-state index in [2.05, 4.69) is 10.6 Å². The number of hydrogen-bond acceptors (Lipinski definition) is 4. The topological polar surface area (TPSA) is 95.5 Å². The van der Waals surface area contributed by atoms with E-state index in [-0.39, 0.29) is 18.2 Å². The number of fused-ring (bicyclic) bond motifs is 1. The van der Waals surface area contributed by atoms with Crippen LogP contribution in [-0.4, -0.2) is 35.2 Å². The molecule has 6 nitrogen and oxygen atoms in total. The molecule has 7 heteroatoms. The molecule has 1 aliphatic rings. The maximum atomic E-state index is 11.9.